The van der Waals surface area contributed by atoms with Crippen molar-refractivity contribution in [1.82, 2.24) is 15.2 Å². The molecule has 0 saturated carbocycles. The lowest BCUT2D eigenvalue weighted by Crippen LogP contribution is -2.17. The van der Waals surface area contributed by atoms with Crippen molar-refractivity contribution in [2.45, 2.75) is 25.2 Å². The zero-order valence-corrected chi connectivity index (χ0v) is 17.9. The summed E-state index contributed by atoms with van der Waals surface area (Å²) in [5, 5.41) is 12.7. The molecule has 8 heteroatoms. The molecule has 0 radical (unpaired) electrons. The summed E-state index contributed by atoms with van der Waals surface area (Å²) in [6, 6.07) is 13.8. The predicted octanol–water partition coefficient (Wildman–Crippen LogP) is 5.31. The van der Waals surface area contributed by atoms with Crippen LogP contribution < -0.4 is 14.8 Å². The molecule has 1 N–H and O–H groups in total. The van der Waals surface area contributed by atoms with Crippen molar-refractivity contribution >= 4 is 33.4 Å². The SMILES string of the molecule is CCOc1ccc(C2Nc3ccc(Br)cc3-c3nnc(SCC)nc3O2)cc1. The number of hydrogen-bond donors (Lipinski definition) is 1. The summed E-state index contributed by atoms with van der Waals surface area (Å²) in [5.74, 6) is 2.16. The Morgan fingerprint density at radius 2 is 1.96 bits per heavy atom. The summed E-state index contributed by atoms with van der Waals surface area (Å²) < 4.78 is 12.8. The monoisotopic (exact) mass is 458 g/mol. The molecular weight excluding hydrogens is 440 g/mol. The molecule has 1 aliphatic rings. The highest BCUT2D eigenvalue weighted by Crippen LogP contribution is 2.40. The number of nitrogens with one attached hydrogen (secondary N) is 1. The molecule has 0 saturated heterocycles. The Bertz CT molecular complexity index is 984. The normalized spacial score (nSPS) is 14.9. The molecule has 1 unspecified atom stereocenters. The zero-order chi connectivity index (χ0) is 19.5. The number of rotatable bonds is 5. The lowest BCUT2D eigenvalue weighted by Gasteiger charge is -2.19. The van der Waals surface area contributed by atoms with Crippen LogP contribution in [0.4, 0.5) is 5.69 Å². The van der Waals surface area contributed by atoms with Gasteiger partial charge in [0.05, 0.1) is 6.61 Å². The van der Waals surface area contributed by atoms with Gasteiger partial charge in [-0.3, -0.25) is 0 Å². The van der Waals surface area contributed by atoms with Gasteiger partial charge in [-0.2, -0.15) is 4.98 Å². The van der Waals surface area contributed by atoms with E-state index < -0.39 is 6.23 Å². The van der Waals surface area contributed by atoms with Crippen LogP contribution in [0, 0.1) is 0 Å². The summed E-state index contributed by atoms with van der Waals surface area (Å²) in [6.45, 7) is 4.65. The first-order chi connectivity index (χ1) is 13.7. The Morgan fingerprint density at radius 1 is 1.14 bits per heavy atom. The number of benzene rings is 2. The first-order valence-electron chi connectivity index (χ1n) is 9.01. The molecule has 2 aromatic carbocycles. The molecule has 0 bridgehead atoms. The van der Waals surface area contributed by atoms with E-state index in [2.05, 4.69) is 43.4 Å². The van der Waals surface area contributed by atoms with E-state index in [4.69, 9.17) is 9.47 Å². The minimum Gasteiger partial charge on any atom is -0.494 e. The molecule has 2 heterocycles. The first-order valence-corrected chi connectivity index (χ1v) is 10.8. The van der Waals surface area contributed by atoms with Crippen molar-refractivity contribution < 1.29 is 9.47 Å². The molecular formula is C20H19BrN4O2S. The number of thioether (sulfide) groups is 1. The van der Waals surface area contributed by atoms with Gasteiger partial charge in [0.25, 0.3) is 0 Å². The fourth-order valence-electron chi connectivity index (χ4n) is 2.92. The average molecular weight is 459 g/mol. The fraction of sp³-hybridized carbons (Fsp3) is 0.250. The first kappa shape index (κ1) is 19.0. The molecule has 3 aromatic rings. The number of anilines is 1. The smallest absolute Gasteiger partial charge is 0.247 e. The summed E-state index contributed by atoms with van der Waals surface area (Å²) in [6.07, 6.45) is -0.409. The summed E-state index contributed by atoms with van der Waals surface area (Å²) >= 11 is 5.07. The van der Waals surface area contributed by atoms with Crippen LogP contribution in [0.3, 0.4) is 0 Å². The Kier molecular flexibility index (Phi) is 5.68. The Morgan fingerprint density at radius 3 is 2.71 bits per heavy atom. The minimum atomic E-state index is -0.409. The van der Waals surface area contributed by atoms with E-state index >= 15 is 0 Å². The molecule has 1 aliphatic heterocycles. The molecule has 0 spiro atoms. The van der Waals surface area contributed by atoms with Crippen LogP contribution in [0.5, 0.6) is 11.6 Å². The minimum absolute atomic E-state index is 0.409. The van der Waals surface area contributed by atoms with E-state index in [-0.39, 0.29) is 0 Å². The third-order valence-corrected chi connectivity index (χ3v) is 5.37. The van der Waals surface area contributed by atoms with E-state index in [0.29, 0.717) is 23.3 Å². The standard InChI is InChI=1S/C20H19BrN4O2S/c1-3-26-14-8-5-12(6-9-14)18-22-16-10-7-13(21)11-15(16)17-19(27-18)23-20(25-24-17)28-4-2/h5-11,18,22H,3-4H2,1-2H3. The summed E-state index contributed by atoms with van der Waals surface area (Å²) in [5.41, 5.74) is 3.39. The van der Waals surface area contributed by atoms with Gasteiger partial charge in [-0.1, -0.05) is 34.6 Å². The average Bonchev–Trinajstić information content (AvgIpc) is 2.85. The van der Waals surface area contributed by atoms with E-state index in [1.54, 1.807) is 0 Å². The van der Waals surface area contributed by atoms with Gasteiger partial charge in [-0.25, -0.2) is 0 Å². The number of fused-ring (bicyclic) bond motifs is 3. The van der Waals surface area contributed by atoms with Crippen LogP contribution in [0.1, 0.15) is 25.6 Å². The zero-order valence-electron chi connectivity index (χ0n) is 15.5. The van der Waals surface area contributed by atoms with Crippen LogP contribution in [-0.4, -0.2) is 27.5 Å². The third kappa shape index (κ3) is 3.93. The summed E-state index contributed by atoms with van der Waals surface area (Å²) in [7, 11) is 0. The summed E-state index contributed by atoms with van der Waals surface area (Å²) in [4.78, 5) is 4.60. The molecule has 28 heavy (non-hydrogen) atoms. The number of aromatic nitrogens is 3. The van der Waals surface area contributed by atoms with Gasteiger partial charge in [0, 0.05) is 21.3 Å². The number of nitrogens with zero attached hydrogens (tertiary/aromatic N) is 3. The van der Waals surface area contributed by atoms with Crippen molar-refractivity contribution in [2.24, 2.45) is 0 Å². The topological polar surface area (TPSA) is 69.2 Å². The number of hydrogen-bond acceptors (Lipinski definition) is 7. The van der Waals surface area contributed by atoms with Crippen LogP contribution in [0.15, 0.2) is 52.1 Å². The number of ether oxygens (including phenoxy) is 2. The second-order valence-electron chi connectivity index (χ2n) is 6.02. The highest BCUT2D eigenvalue weighted by atomic mass is 79.9. The van der Waals surface area contributed by atoms with Crippen molar-refractivity contribution in [3.63, 3.8) is 0 Å². The van der Waals surface area contributed by atoms with Crippen molar-refractivity contribution in [3.05, 3.63) is 52.5 Å². The van der Waals surface area contributed by atoms with E-state index in [1.807, 2.05) is 49.4 Å². The van der Waals surface area contributed by atoms with Crippen molar-refractivity contribution in [1.29, 1.82) is 0 Å². The molecule has 4 rings (SSSR count). The lowest BCUT2D eigenvalue weighted by atomic mass is 10.1. The maximum absolute atomic E-state index is 6.26. The van der Waals surface area contributed by atoms with Gasteiger partial charge >= 0.3 is 0 Å². The molecule has 1 aromatic heterocycles. The highest BCUT2D eigenvalue weighted by molar-refractivity contribution is 9.10. The van der Waals surface area contributed by atoms with Gasteiger partial charge in [-0.05, 0) is 55.1 Å². The molecule has 1 atom stereocenters. The van der Waals surface area contributed by atoms with Crippen molar-refractivity contribution in [3.8, 4) is 22.9 Å². The van der Waals surface area contributed by atoms with E-state index in [0.717, 1.165) is 32.8 Å². The van der Waals surface area contributed by atoms with Crippen LogP contribution in [0.2, 0.25) is 0 Å². The maximum Gasteiger partial charge on any atom is 0.247 e. The third-order valence-electron chi connectivity index (χ3n) is 4.16. The lowest BCUT2D eigenvalue weighted by molar-refractivity contribution is 0.225. The largest absolute Gasteiger partial charge is 0.494 e. The molecule has 0 aliphatic carbocycles. The number of halogens is 1. The van der Waals surface area contributed by atoms with Gasteiger partial charge in [0.2, 0.25) is 11.0 Å². The molecule has 144 valence electrons. The van der Waals surface area contributed by atoms with Gasteiger partial charge in [0.15, 0.2) is 11.9 Å². The van der Waals surface area contributed by atoms with Crippen LogP contribution in [-0.2, 0) is 0 Å². The fourth-order valence-corrected chi connectivity index (χ4v) is 3.78. The Labute approximate surface area is 176 Å². The van der Waals surface area contributed by atoms with Gasteiger partial charge < -0.3 is 14.8 Å². The molecule has 0 fully saturated rings. The maximum atomic E-state index is 6.26. The van der Waals surface area contributed by atoms with E-state index in [9.17, 15) is 0 Å². The highest BCUT2D eigenvalue weighted by Gasteiger charge is 2.26. The molecule has 0 amide bonds. The van der Waals surface area contributed by atoms with E-state index in [1.165, 1.54) is 11.8 Å². The van der Waals surface area contributed by atoms with Crippen molar-refractivity contribution in [2.75, 3.05) is 17.7 Å². The van der Waals surface area contributed by atoms with Crippen LogP contribution >= 0.6 is 27.7 Å². The van der Waals surface area contributed by atoms with Gasteiger partial charge in [0.1, 0.15) is 5.75 Å². The quantitative estimate of drug-likeness (QED) is 0.519. The molecule has 6 nitrogen and oxygen atoms in total. The predicted molar refractivity (Wildman–Crippen MR) is 114 cm³/mol. The van der Waals surface area contributed by atoms with Gasteiger partial charge in [-0.15, -0.1) is 10.2 Å². The second-order valence-corrected chi connectivity index (χ2v) is 8.16. The second kappa shape index (κ2) is 8.36. The Hall–Kier alpha value is -2.32. The Balaban J connectivity index is 1.77. The van der Waals surface area contributed by atoms with Crippen LogP contribution in [0.25, 0.3) is 11.3 Å².